The molecule has 1 aromatic heterocycles. The van der Waals surface area contributed by atoms with Crippen molar-refractivity contribution in [2.24, 2.45) is 0 Å². The quantitative estimate of drug-likeness (QED) is 0.393. The third-order valence-corrected chi connectivity index (χ3v) is 4.89. The van der Waals surface area contributed by atoms with E-state index in [1.165, 1.54) is 0 Å². The van der Waals surface area contributed by atoms with Gasteiger partial charge in [-0.2, -0.15) is 0 Å². The van der Waals surface area contributed by atoms with Crippen LogP contribution < -0.4 is 9.62 Å². The number of sulfonamides is 1. The monoisotopic (exact) mass is 511 g/mol. The largest absolute Gasteiger partial charge is 0.372 e. The third kappa shape index (κ3) is 8.15. The summed E-state index contributed by atoms with van der Waals surface area (Å²) in [7, 11) is -5.47. The van der Waals surface area contributed by atoms with Crippen molar-refractivity contribution in [3.05, 3.63) is 66.9 Å². The maximum absolute atomic E-state index is 12.3. The molecule has 3 aromatic rings. The molecule has 0 saturated carbocycles. The summed E-state index contributed by atoms with van der Waals surface area (Å²) in [5.74, 6) is -2.62. The highest BCUT2D eigenvalue weighted by Crippen LogP contribution is 2.30. The number of carbonyl (C=O) groups excluding carboxylic acids is 1. The zero-order chi connectivity index (χ0) is 38.1. The van der Waals surface area contributed by atoms with Crippen molar-refractivity contribution in [3.8, 4) is 22.5 Å². The maximum Gasteiger partial charge on any atom is 0.259 e. The van der Waals surface area contributed by atoms with Crippen LogP contribution in [0.3, 0.4) is 0 Å². The normalized spacial score (nSPS) is 20.1. The van der Waals surface area contributed by atoms with Crippen LogP contribution in [0.2, 0.25) is 0 Å². The van der Waals surface area contributed by atoms with E-state index in [0.29, 0.717) is 21.7 Å². The van der Waals surface area contributed by atoms with Crippen LogP contribution in [0.1, 0.15) is 47.1 Å². The number of nitrogens with zero attached hydrogens (tertiary/aromatic N) is 3. The molecule has 0 unspecified atom stereocenters. The van der Waals surface area contributed by atoms with E-state index in [1.807, 2.05) is 0 Å². The fourth-order valence-corrected chi connectivity index (χ4v) is 3.26. The molecule has 8 nitrogen and oxygen atoms in total. The summed E-state index contributed by atoms with van der Waals surface area (Å²) in [6, 6.07) is 14.8. The van der Waals surface area contributed by atoms with Gasteiger partial charge < -0.3 is 9.64 Å². The highest BCUT2D eigenvalue weighted by Gasteiger charge is 2.17. The predicted molar refractivity (Wildman–Crippen MR) is 138 cm³/mol. The van der Waals surface area contributed by atoms with Gasteiger partial charge in [-0.15, -0.1) is 0 Å². The number of hydrogen-bond donors (Lipinski definition) is 1. The van der Waals surface area contributed by atoms with Crippen LogP contribution in [0.4, 0.5) is 5.82 Å². The molecule has 3 rings (SSSR count). The van der Waals surface area contributed by atoms with Crippen molar-refractivity contribution in [1.82, 2.24) is 14.7 Å². The number of amides is 1. The second-order valence-corrected chi connectivity index (χ2v) is 8.13. The van der Waals surface area contributed by atoms with Crippen molar-refractivity contribution in [2.45, 2.75) is 32.5 Å². The topological polar surface area (TPSA) is 101 Å². The van der Waals surface area contributed by atoms with Crippen molar-refractivity contribution in [2.75, 3.05) is 30.7 Å². The van der Waals surface area contributed by atoms with Gasteiger partial charge >= 0.3 is 0 Å². The number of benzene rings is 2. The van der Waals surface area contributed by atoms with Gasteiger partial charge in [0.15, 0.2) is 0 Å². The van der Waals surface area contributed by atoms with Crippen LogP contribution in [0.5, 0.6) is 0 Å². The minimum absolute atomic E-state index is 0.196. The molecule has 0 fully saturated rings. The molecule has 186 valence electrons. The van der Waals surface area contributed by atoms with Crippen LogP contribution in [-0.2, 0) is 19.6 Å². The van der Waals surface area contributed by atoms with Crippen LogP contribution in [-0.4, -0.2) is 56.2 Å². The number of aromatic nitrogens is 2. The Morgan fingerprint density at radius 2 is 1.74 bits per heavy atom. The van der Waals surface area contributed by atoms with Gasteiger partial charge in [-0.3, -0.25) is 14.5 Å². The van der Waals surface area contributed by atoms with E-state index in [0.717, 1.165) is 10.9 Å². The third-order valence-electron chi connectivity index (χ3n) is 4.43. The zero-order valence-corrected chi connectivity index (χ0v) is 19.0. The van der Waals surface area contributed by atoms with Gasteiger partial charge in [0.05, 0.1) is 29.3 Å². The molecule has 0 atom stereocenters. The van der Waals surface area contributed by atoms with Crippen molar-refractivity contribution in [3.63, 3.8) is 0 Å². The van der Waals surface area contributed by atoms with Gasteiger partial charge in [0.25, 0.3) is 5.91 Å². The molecular formula is C26H32N4O4S. The summed E-state index contributed by atoms with van der Waals surface area (Å²) in [5, 5.41) is 0. The average Bonchev–Trinajstić information content (AvgIpc) is 2.97. The highest BCUT2D eigenvalue weighted by molar-refractivity contribution is 7.89. The molecule has 2 aromatic carbocycles. The molecule has 0 saturated heterocycles. The lowest BCUT2D eigenvalue weighted by Crippen LogP contribution is -2.33. The Hall–Kier alpha value is -3.30. The first-order chi connectivity index (χ1) is 22.6. The summed E-state index contributed by atoms with van der Waals surface area (Å²) in [4.78, 5) is 22.0. The molecule has 1 heterocycles. The van der Waals surface area contributed by atoms with E-state index in [2.05, 4.69) is 14.7 Å². The van der Waals surface area contributed by atoms with Gasteiger partial charge in [0.1, 0.15) is 12.4 Å². The Labute approximate surface area is 228 Å². The van der Waals surface area contributed by atoms with Crippen molar-refractivity contribution in [1.29, 1.82) is 0 Å². The Morgan fingerprint density at radius 3 is 2.37 bits per heavy atom. The summed E-state index contributed by atoms with van der Waals surface area (Å²) < 4.78 is 147. The molecule has 0 aliphatic carbocycles. The van der Waals surface area contributed by atoms with Crippen LogP contribution in [0, 0.1) is 0 Å². The first kappa shape index (κ1) is 12.6. The SMILES string of the molecule is [2H]C([2H])(OC([2H])([2H])C([2H])([2H])CCN(c1cnc(-c2ccccc2)c(-c2ccccc2)n1)C(C([2H])([2H])[2H])C([2H])([2H])[2H])C(=O)NS(=O)(=O)C([2H])([2H])[2H]. The van der Waals surface area contributed by atoms with Crippen LogP contribution >= 0.6 is 0 Å². The van der Waals surface area contributed by atoms with Gasteiger partial charge in [-0.1, -0.05) is 60.7 Å². The molecule has 35 heavy (non-hydrogen) atoms. The second kappa shape index (κ2) is 12.4. The predicted octanol–water partition coefficient (Wildman–Crippen LogP) is 3.90. The molecule has 0 aliphatic rings. The lowest BCUT2D eigenvalue weighted by atomic mass is 10.0. The summed E-state index contributed by atoms with van der Waals surface area (Å²) in [6.07, 6.45) is -7.21. The first-order valence-electron chi connectivity index (χ1n) is 17.6. The minimum atomic E-state index is -5.47. The standard InChI is InChI=1S/C26H32N4O4S/c1-20(2)30(16-10-11-17-34-19-24(31)29-35(3,32)33)23-18-27-25(21-12-6-4-7-13-21)26(28-23)22-14-8-5-9-15-22/h4-9,12-15,18,20H,10-11,16-17,19H2,1-3H3,(H,29,31)/i1D3,2D3,3D3,11D2,17D2,19D2. The van der Waals surface area contributed by atoms with Crippen molar-refractivity contribution < 1.29 is 38.5 Å². The molecule has 1 N–H and O–H groups in total. The van der Waals surface area contributed by atoms with E-state index in [-0.39, 0.29) is 11.5 Å². The number of nitrogens with one attached hydrogen (secondary N) is 1. The minimum Gasteiger partial charge on any atom is -0.372 e. The number of hydrogen-bond acceptors (Lipinski definition) is 7. The van der Waals surface area contributed by atoms with E-state index in [9.17, 15) is 13.2 Å². The van der Waals surface area contributed by atoms with Gasteiger partial charge in [0.2, 0.25) is 10.0 Å². The van der Waals surface area contributed by atoms with Gasteiger partial charge in [-0.25, -0.2) is 13.4 Å². The molecule has 0 radical (unpaired) electrons. The van der Waals surface area contributed by atoms with E-state index < -0.39 is 74.3 Å². The Balaban J connectivity index is 2.07. The first-order valence-corrected chi connectivity index (χ1v) is 11.6. The Morgan fingerprint density at radius 1 is 1.09 bits per heavy atom. The summed E-state index contributed by atoms with van der Waals surface area (Å²) in [5.41, 5.74) is 1.63. The van der Waals surface area contributed by atoms with Crippen LogP contribution in [0.25, 0.3) is 22.5 Å². The molecule has 1 amide bonds. The Kier molecular flexibility index (Phi) is 4.47. The van der Waals surface area contributed by atoms with Gasteiger partial charge in [-0.05, 0) is 26.5 Å². The van der Waals surface area contributed by atoms with E-state index in [4.69, 9.17) is 20.6 Å². The lowest BCUT2D eigenvalue weighted by Gasteiger charge is -2.28. The molecule has 0 aliphatic heterocycles. The lowest BCUT2D eigenvalue weighted by molar-refractivity contribution is -0.123. The average molecular weight is 512 g/mol. The molecule has 0 bridgehead atoms. The van der Waals surface area contributed by atoms with E-state index in [1.54, 1.807) is 60.7 Å². The fraction of sp³-hybridized carbons (Fsp3) is 0.346. The summed E-state index contributed by atoms with van der Waals surface area (Å²) in [6.45, 7) is -15.2. The smallest absolute Gasteiger partial charge is 0.259 e. The number of ether oxygens (including phenoxy) is 1. The van der Waals surface area contributed by atoms with Gasteiger partial charge in [0, 0.05) is 45.4 Å². The second-order valence-electron chi connectivity index (χ2n) is 6.92. The molecular weight excluding hydrogens is 464 g/mol. The zero-order valence-electron chi connectivity index (χ0n) is 33.2. The summed E-state index contributed by atoms with van der Waals surface area (Å²) >= 11 is 0. The molecule has 0 spiro atoms. The maximum atomic E-state index is 12.3. The van der Waals surface area contributed by atoms with Crippen molar-refractivity contribution >= 4 is 21.7 Å². The van der Waals surface area contributed by atoms with E-state index >= 15 is 0 Å². The highest BCUT2D eigenvalue weighted by atomic mass is 32.2. The molecule has 9 heteroatoms. The fourth-order valence-electron chi connectivity index (χ4n) is 2.98. The number of carbonyl (C=O) groups is 1. The number of anilines is 1. The number of rotatable bonds is 12. The Bertz CT molecular complexity index is 1740. The van der Waals surface area contributed by atoms with Crippen LogP contribution in [0.15, 0.2) is 66.9 Å².